The number of nitrogens with one attached hydrogen (secondary N) is 2. The van der Waals surface area contributed by atoms with E-state index in [1.807, 2.05) is 6.07 Å². The smallest absolute Gasteiger partial charge is 0.258 e. The third-order valence-corrected chi connectivity index (χ3v) is 4.81. The molecule has 0 radical (unpaired) electrons. The molecule has 154 valence electrons. The Kier molecular flexibility index (Phi) is 7.57. The van der Waals surface area contributed by atoms with Gasteiger partial charge in [0, 0.05) is 15.7 Å². The van der Waals surface area contributed by atoms with E-state index in [1.54, 1.807) is 60.7 Å². The Hall–Kier alpha value is -2.73. The maximum atomic E-state index is 12.9. The molecule has 1 atom stereocenters. The molecule has 2 N–H and O–H groups in total. The van der Waals surface area contributed by atoms with Gasteiger partial charge >= 0.3 is 0 Å². The molecule has 0 spiro atoms. The first-order valence-corrected chi connectivity index (χ1v) is 10.0. The molecule has 0 fully saturated rings. The molecule has 0 aliphatic heterocycles. The van der Waals surface area contributed by atoms with Crippen LogP contribution in [0.25, 0.3) is 0 Å². The summed E-state index contributed by atoms with van der Waals surface area (Å²) in [6.45, 7) is -0.324. The highest BCUT2D eigenvalue weighted by molar-refractivity contribution is 6.35. The van der Waals surface area contributed by atoms with Gasteiger partial charge in [-0.3, -0.25) is 9.59 Å². The average Bonchev–Trinajstić information content (AvgIpc) is 2.72. The fourth-order valence-corrected chi connectivity index (χ4v) is 3.32. The summed E-state index contributed by atoms with van der Waals surface area (Å²) in [6, 6.07) is 19.4. The van der Waals surface area contributed by atoms with Crippen LogP contribution in [-0.2, 0) is 9.59 Å². The van der Waals surface area contributed by atoms with Crippen LogP contribution in [0.5, 0.6) is 5.75 Å². The summed E-state index contributed by atoms with van der Waals surface area (Å²) >= 11 is 17.9. The van der Waals surface area contributed by atoms with Crippen molar-refractivity contribution in [1.82, 2.24) is 5.32 Å². The number of carbonyl (C=O) groups is 2. The number of benzene rings is 3. The number of ether oxygens (including phenoxy) is 1. The fourth-order valence-electron chi connectivity index (χ4n) is 2.66. The summed E-state index contributed by atoms with van der Waals surface area (Å²) in [4.78, 5) is 25.4. The molecule has 30 heavy (non-hydrogen) atoms. The molecule has 0 bridgehead atoms. The van der Waals surface area contributed by atoms with Gasteiger partial charge < -0.3 is 15.4 Å². The second kappa shape index (κ2) is 10.3. The Morgan fingerprint density at radius 1 is 0.867 bits per heavy atom. The van der Waals surface area contributed by atoms with Crippen molar-refractivity contribution in [2.45, 2.75) is 6.04 Å². The topological polar surface area (TPSA) is 67.4 Å². The monoisotopic (exact) mass is 462 g/mol. The molecule has 3 aromatic carbocycles. The zero-order valence-corrected chi connectivity index (χ0v) is 17.8. The van der Waals surface area contributed by atoms with Crippen molar-refractivity contribution in [2.75, 3.05) is 11.9 Å². The van der Waals surface area contributed by atoms with Crippen LogP contribution in [0.3, 0.4) is 0 Å². The van der Waals surface area contributed by atoms with Crippen molar-refractivity contribution in [3.05, 3.63) is 93.4 Å². The van der Waals surface area contributed by atoms with Gasteiger partial charge in [-0.05, 0) is 42.0 Å². The van der Waals surface area contributed by atoms with Gasteiger partial charge in [0.25, 0.3) is 11.8 Å². The first kappa shape index (κ1) is 22.0. The number of hydrogen-bond donors (Lipinski definition) is 2. The minimum absolute atomic E-state index is 0.286. The van der Waals surface area contributed by atoms with E-state index in [2.05, 4.69) is 10.6 Å². The predicted molar refractivity (Wildman–Crippen MR) is 119 cm³/mol. The van der Waals surface area contributed by atoms with Gasteiger partial charge in [-0.2, -0.15) is 0 Å². The quantitative estimate of drug-likeness (QED) is 0.485. The first-order valence-electron chi connectivity index (χ1n) is 8.91. The van der Waals surface area contributed by atoms with Crippen molar-refractivity contribution in [1.29, 1.82) is 0 Å². The highest BCUT2D eigenvalue weighted by Gasteiger charge is 2.23. The van der Waals surface area contributed by atoms with Crippen molar-refractivity contribution in [3.8, 4) is 5.75 Å². The highest BCUT2D eigenvalue weighted by atomic mass is 35.5. The summed E-state index contributed by atoms with van der Waals surface area (Å²) in [5.74, 6) is -0.590. The molecular weight excluding hydrogens is 447 g/mol. The molecule has 0 aliphatic rings. The van der Waals surface area contributed by atoms with E-state index in [-0.39, 0.29) is 11.6 Å². The Balaban J connectivity index is 1.70. The fraction of sp³-hybridized carbons (Fsp3) is 0.0909. The molecule has 2 amide bonds. The molecule has 0 aromatic heterocycles. The zero-order chi connectivity index (χ0) is 21.5. The predicted octanol–water partition coefficient (Wildman–Crippen LogP) is 5.52. The third kappa shape index (κ3) is 6.13. The van der Waals surface area contributed by atoms with E-state index >= 15 is 0 Å². The molecule has 5 nitrogen and oxygen atoms in total. The molecule has 0 aliphatic carbocycles. The maximum Gasteiger partial charge on any atom is 0.258 e. The second-order valence-electron chi connectivity index (χ2n) is 6.27. The Morgan fingerprint density at radius 2 is 1.60 bits per heavy atom. The van der Waals surface area contributed by atoms with Gasteiger partial charge in [0.15, 0.2) is 6.61 Å². The summed E-state index contributed by atoms with van der Waals surface area (Å²) in [5.41, 5.74) is 1.14. The van der Waals surface area contributed by atoms with Crippen molar-refractivity contribution < 1.29 is 14.3 Å². The van der Waals surface area contributed by atoms with Crippen LogP contribution >= 0.6 is 34.8 Å². The van der Waals surface area contributed by atoms with Gasteiger partial charge in [0.2, 0.25) is 0 Å². The van der Waals surface area contributed by atoms with Gasteiger partial charge in [0.1, 0.15) is 11.8 Å². The molecule has 0 heterocycles. The zero-order valence-electron chi connectivity index (χ0n) is 15.6. The Morgan fingerprint density at radius 3 is 2.30 bits per heavy atom. The van der Waals surface area contributed by atoms with Crippen molar-refractivity contribution >= 4 is 52.3 Å². The molecule has 3 rings (SSSR count). The van der Waals surface area contributed by atoms with Crippen LogP contribution < -0.4 is 15.4 Å². The third-order valence-electron chi connectivity index (χ3n) is 4.05. The lowest BCUT2D eigenvalue weighted by Gasteiger charge is -2.19. The van der Waals surface area contributed by atoms with Gasteiger partial charge in [0.05, 0.1) is 5.02 Å². The summed E-state index contributed by atoms with van der Waals surface area (Å²) in [6.07, 6.45) is 0. The standard InChI is InChI=1S/C22H17Cl3N2O3/c23-15-7-4-8-17(11-15)26-22(29)21(14-5-2-1-3-6-14)27-20(28)13-30-19-10-9-16(24)12-18(19)25/h1-12,21H,13H2,(H,26,29)(H,27,28)/t21-/m0/s1. The lowest BCUT2D eigenvalue weighted by molar-refractivity contribution is -0.128. The number of anilines is 1. The number of carbonyl (C=O) groups excluding carboxylic acids is 2. The van der Waals surface area contributed by atoms with E-state index in [0.717, 1.165) is 0 Å². The lowest BCUT2D eigenvalue weighted by Crippen LogP contribution is -2.39. The molecule has 8 heteroatoms. The molecule has 0 saturated carbocycles. The van der Waals surface area contributed by atoms with Crippen LogP contribution in [-0.4, -0.2) is 18.4 Å². The van der Waals surface area contributed by atoms with Crippen LogP contribution in [0.2, 0.25) is 15.1 Å². The number of amides is 2. The van der Waals surface area contributed by atoms with Gasteiger partial charge in [-0.25, -0.2) is 0 Å². The first-order chi connectivity index (χ1) is 14.4. The SMILES string of the molecule is O=C(COc1ccc(Cl)cc1Cl)N[C@H](C(=O)Nc1cccc(Cl)c1)c1ccccc1. The van der Waals surface area contributed by atoms with Crippen molar-refractivity contribution in [2.24, 2.45) is 0 Å². The lowest BCUT2D eigenvalue weighted by atomic mass is 10.1. The number of hydrogen-bond acceptors (Lipinski definition) is 3. The van der Waals surface area contributed by atoms with E-state index in [1.165, 1.54) is 6.07 Å². The largest absolute Gasteiger partial charge is 0.482 e. The van der Waals surface area contributed by atoms with Gasteiger partial charge in [-0.15, -0.1) is 0 Å². The Labute approximate surface area is 188 Å². The second-order valence-corrected chi connectivity index (χ2v) is 7.55. The van der Waals surface area contributed by atoms with E-state index in [0.29, 0.717) is 27.0 Å². The van der Waals surface area contributed by atoms with E-state index in [4.69, 9.17) is 39.5 Å². The van der Waals surface area contributed by atoms with E-state index < -0.39 is 17.9 Å². The Bertz CT molecular complexity index is 1040. The van der Waals surface area contributed by atoms with Crippen LogP contribution in [0.4, 0.5) is 5.69 Å². The maximum absolute atomic E-state index is 12.9. The average molecular weight is 464 g/mol. The summed E-state index contributed by atoms with van der Waals surface area (Å²) < 4.78 is 5.45. The molecule has 0 saturated heterocycles. The number of halogens is 3. The summed E-state index contributed by atoms with van der Waals surface area (Å²) in [7, 11) is 0. The molecule has 3 aromatic rings. The number of rotatable bonds is 7. The van der Waals surface area contributed by atoms with Crippen LogP contribution in [0.15, 0.2) is 72.8 Å². The minimum Gasteiger partial charge on any atom is -0.482 e. The van der Waals surface area contributed by atoms with Gasteiger partial charge in [-0.1, -0.05) is 71.2 Å². The van der Waals surface area contributed by atoms with Crippen LogP contribution in [0, 0.1) is 0 Å². The summed E-state index contributed by atoms with van der Waals surface area (Å²) in [5, 5.41) is 6.68. The minimum atomic E-state index is -0.929. The highest BCUT2D eigenvalue weighted by Crippen LogP contribution is 2.27. The van der Waals surface area contributed by atoms with Crippen molar-refractivity contribution in [3.63, 3.8) is 0 Å². The normalized spacial score (nSPS) is 11.4. The molecular formula is C22H17Cl3N2O3. The van der Waals surface area contributed by atoms with E-state index in [9.17, 15) is 9.59 Å². The molecule has 0 unspecified atom stereocenters. The van der Waals surface area contributed by atoms with Crippen LogP contribution in [0.1, 0.15) is 11.6 Å².